The average molecular weight is 446 g/mol. The average Bonchev–Trinajstić information content (AvgIpc) is 3.46. The maximum atomic E-state index is 2.61. The van der Waals surface area contributed by atoms with E-state index in [0.717, 1.165) is 25.7 Å². The first-order valence-electron chi connectivity index (χ1n) is 12.7. The molecule has 1 nitrogen and oxygen atoms in total. The second-order valence-corrected chi connectivity index (χ2v) is 10.5. The third-order valence-electron chi connectivity index (χ3n) is 8.70. The monoisotopic (exact) mass is 445 g/mol. The molecule has 2 heterocycles. The SMILES string of the molecule is c1ccc2c(c1)Cc1ccc3c(c1-2)Cc1ccc2c(c1-3)N1c3ccccc3Cc3cccc(c31)C2. The first-order chi connectivity index (χ1) is 17.3. The van der Waals surface area contributed by atoms with E-state index in [2.05, 4.69) is 95.9 Å². The van der Waals surface area contributed by atoms with Gasteiger partial charge in [-0.05, 0) is 80.1 Å². The largest absolute Gasteiger partial charge is 0.309 e. The zero-order valence-corrected chi connectivity index (χ0v) is 19.4. The van der Waals surface area contributed by atoms with Crippen LogP contribution in [0.4, 0.5) is 17.1 Å². The van der Waals surface area contributed by atoms with E-state index in [9.17, 15) is 0 Å². The van der Waals surface area contributed by atoms with Gasteiger partial charge >= 0.3 is 0 Å². The molecule has 1 heteroatoms. The van der Waals surface area contributed by atoms with Crippen molar-refractivity contribution in [2.24, 2.45) is 0 Å². The molecule has 2 aliphatic heterocycles. The van der Waals surface area contributed by atoms with Crippen LogP contribution in [0, 0.1) is 0 Å². The van der Waals surface area contributed by atoms with E-state index in [1.807, 2.05) is 0 Å². The van der Waals surface area contributed by atoms with Crippen molar-refractivity contribution < 1.29 is 0 Å². The summed E-state index contributed by atoms with van der Waals surface area (Å²) >= 11 is 0. The third kappa shape index (κ3) is 2.24. The molecule has 0 N–H and O–H groups in total. The summed E-state index contributed by atoms with van der Waals surface area (Å²) < 4.78 is 0. The number of nitrogens with zero attached hydrogens (tertiary/aromatic N) is 1. The van der Waals surface area contributed by atoms with Gasteiger partial charge in [0.15, 0.2) is 0 Å². The molecule has 0 aromatic heterocycles. The van der Waals surface area contributed by atoms with Crippen LogP contribution in [0.25, 0.3) is 22.3 Å². The fourth-order valence-electron chi connectivity index (χ4n) is 7.29. The van der Waals surface area contributed by atoms with Crippen molar-refractivity contribution in [2.75, 3.05) is 4.90 Å². The van der Waals surface area contributed by atoms with E-state index in [-0.39, 0.29) is 0 Å². The van der Waals surface area contributed by atoms with Gasteiger partial charge in [-0.25, -0.2) is 0 Å². The number of anilines is 3. The summed E-state index contributed by atoms with van der Waals surface area (Å²) in [6.07, 6.45) is 4.11. The molecular weight excluding hydrogens is 422 g/mol. The van der Waals surface area contributed by atoms with Crippen LogP contribution in [0.3, 0.4) is 0 Å². The Bertz CT molecular complexity index is 1740. The molecule has 0 spiro atoms. The van der Waals surface area contributed by atoms with Gasteiger partial charge in [-0.3, -0.25) is 0 Å². The van der Waals surface area contributed by atoms with Crippen LogP contribution >= 0.6 is 0 Å². The summed E-state index contributed by atoms with van der Waals surface area (Å²) in [6.45, 7) is 0. The van der Waals surface area contributed by atoms with Gasteiger partial charge in [0.2, 0.25) is 0 Å². The third-order valence-corrected chi connectivity index (χ3v) is 8.70. The second-order valence-electron chi connectivity index (χ2n) is 10.5. The first-order valence-corrected chi connectivity index (χ1v) is 12.7. The van der Waals surface area contributed by atoms with Gasteiger partial charge in [-0.1, -0.05) is 84.9 Å². The highest BCUT2D eigenvalue weighted by Gasteiger charge is 2.37. The molecular formula is C34H23N. The van der Waals surface area contributed by atoms with Crippen LogP contribution in [-0.2, 0) is 25.7 Å². The molecule has 35 heavy (non-hydrogen) atoms. The zero-order chi connectivity index (χ0) is 22.7. The standard InChI is InChI=1S/C34H23N/c1-3-10-27-20(6-1)16-22-14-15-28-29(31(22)27)19-23-12-13-26-18-25-9-5-8-24-17-21-7-2-4-11-30(21)35(33(24)25)34(26)32(23)28/h1-15H,16-19H2. The molecule has 0 atom stereocenters. The Balaban J connectivity index is 1.35. The highest BCUT2D eigenvalue weighted by Crippen LogP contribution is 2.57. The quantitative estimate of drug-likeness (QED) is 0.228. The zero-order valence-electron chi connectivity index (χ0n) is 19.4. The normalized spacial score (nSPS) is 14.9. The predicted octanol–water partition coefficient (Wildman–Crippen LogP) is 8.11. The molecule has 2 aliphatic carbocycles. The Morgan fingerprint density at radius 2 is 1.03 bits per heavy atom. The molecule has 0 radical (unpaired) electrons. The molecule has 0 unspecified atom stereocenters. The minimum atomic E-state index is 1.01. The minimum Gasteiger partial charge on any atom is -0.309 e. The summed E-state index contributed by atoms with van der Waals surface area (Å²) in [4.78, 5) is 2.61. The molecule has 0 fully saturated rings. The van der Waals surface area contributed by atoms with Crippen molar-refractivity contribution in [1.82, 2.24) is 0 Å². The number of benzene rings is 5. The number of hydrogen-bond donors (Lipinski definition) is 0. The molecule has 0 amide bonds. The van der Waals surface area contributed by atoms with E-state index in [1.54, 1.807) is 0 Å². The van der Waals surface area contributed by atoms with Crippen LogP contribution in [-0.4, -0.2) is 0 Å². The lowest BCUT2D eigenvalue weighted by molar-refractivity contribution is 1.01. The molecule has 5 aromatic carbocycles. The van der Waals surface area contributed by atoms with Crippen molar-refractivity contribution >= 4 is 17.1 Å². The van der Waals surface area contributed by atoms with Crippen LogP contribution < -0.4 is 4.90 Å². The molecule has 9 rings (SSSR count). The smallest absolute Gasteiger partial charge is 0.0578 e. The fourth-order valence-corrected chi connectivity index (χ4v) is 7.29. The van der Waals surface area contributed by atoms with E-state index >= 15 is 0 Å². The van der Waals surface area contributed by atoms with Gasteiger partial charge in [0.05, 0.1) is 11.4 Å². The molecule has 0 saturated carbocycles. The second kappa shape index (κ2) is 6.31. The Kier molecular flexibility index (Phi) is 3.29. The van der Waals surface area contributed by atoms with Gasteiger partial charge in [0.25, 0.3) is 0 Å². The Hall–Kier alpha value is -4.10. The van der Waals surface area contributed by atoms with Crippen molar-refractivity contribution in [2.45, 2.75) is 25.7 Å². The lowest BCUT2D eigenvalue weighted by Gasteiger charge is -2.40. The van der Waals surface area contributed by atoms with Crippen molar-refractivity contribution in [3.63, 3.8) is 0 Å². The van der Waals surface area contributed by atoms with Gasteiger partial charge in [0.1, 0.15) is 0 Å². The van der Waals surface area contributed by atoms with E-state index < -0.39 is 0 Å². The lowest BCUT2D eigenvalue weighted by atomic mass is 9.84. The van der Waals surface area contributed by atoms with E-state index in [4.69, 9.17) is 0 Å². The molecule has 0 saturated heterocycles. The molecule has 4 aliphatic rings. The summed E-state index contributed by atoms with van der Waals surface area (Å²) in [7, 11) is 0. The van der Waals surface area contributed by atoms with Crippen LogP contribution in [0.2, 0.25) is 0 Å². The highest BCUT2D eigenvalue weighted by atomic mass is 15.2. The maximum absolute atomic E-state index is 2.61. The minimum absolute atomic E-state index is 1.01. The highest BCUT2D eigenvalue weighted by molar-refractivity contribution is 6.01. The lowest BCUT2D eigenvalue weighted by Crippen LogP contribution is -2.25. The van der Waals surface area contributed by atoms with Gasteiger partial charge < -0.3 is 4.90 Å². The van der Waals surface area contributed by atoms with E-state index in [1.165, 1.54) is 83.8 Å². The van der Waals surface area contributed by atoms with Crippen molar-refractivity contribution in [3.05, 3.63) is 136 Å². The Labute approximate surface area is 205 Å². The maximum Gasteiger partial charge on any atom is 0.0578 e. The Morgan fingerprint density at radius 1 is 0.400 bits per heavy atom. The summed E-state index contributed by atoms with van der Waals surface area (Å²) in [5, 5.41) is 0. The van der Waals surface area contributed by atoms with Crippen LogP contribution in [0.5, 0.6) is 0 Å². The van der Waals surface area contributed by atoms with Crippen molar-refractivity contribution in [3.8, 4) is 22.3 Å². The molecule has 164 valence electrons. The first kappa shape index (κ1) is 18.3. The van der Waals surface area contributed by atoms with E-state index in [0.29, 0.717) is 0 Å². The number of rotatable bonds is 0. The number of hydrogen-bond acceptors (Lipinski definition) is 1. The topological polar surface area (TPSA) is 3.24 Å². The fraction of sp³-hybridized carbons (Fsp3) is 0.118. The van der Waals surface area contributed by atoms with Gasteiger partial charge in [-0.2, -0.15) is 0 Å². The summed E-state index contributed by atoms with van der Waals surface area (Å²) in [6, 6.07) is 34.5. The van der Waals surface area contributed by atoms with Crippen LogP contribution in [0.15, 0.2) is 91.0 Å². The van der Waals surface area contributed by atoms with Crippen molar-refractivity contribution in [1.29, 1.82) is 0 Å². The number of fused-ring (bicyclic) bond motifs is 12. The number of para-hydroxylation sites is 2. The molecule has 5 aromatic rings. The molecule has 0 bridgehead atoms. The summed E-state index contributed by atoms with van der Waals surface area (Å²) in [5.41, 5.74) is 21.8. The predicted molar refractivity (Wildman–Crippen MR) is 143 cm³/mol. The summed E-state index contributed by atoms with van der Waals surface area (Å²) in [5.74, 6) is 0. The Morgan fingerprint density at radius 3 is 1.94 bits per heavy atom. The van der Waals surface area contributed by atoms with Gasteiger partial charge in [-0.15, -0.1) is 0 Å². The van der Waals surface area contributed by atoms with Gasteiger partial charge in [0, 0.05) is 24.1 Å². The van der Waals surface area contributed by atoms with Crippen LogP contribution in [0.1, 0.15) is 44.5 Å².